The van der Waals surface area contributed by atoms with Crippen LogP contribution in [0.25, 0.3) is 0 Å². The number of para-hydroxylation sites is 2. The van der Waals surface area contributed by atoms with Crippen molar-refractivity contribution in [1.82, 2.24) is 10.2 Å². The van der Waals surface area contributed by atoms with E-state index in [0.29, 0.717) is 28.4 Å². The van der Waals surface area contributed by atoms with Crippen molar-refractivity contribution >= 4 is 11.8 Å². The molecule has 6 nitrogen and oxygen atoms in total. The maximum absolute atomic E-state index is 11.9. The molecular weight excluding hydrogens is 330 g/mol. The van der Waals surface area contributed by atoms with E-state index in [2.05, 4.69) is 10.2 Å². The smallest absolute Gasteiger partial charge is 0.276 e. The minimum atomic E-state index is -2.46. The second-order valence-corrected chi connectivity index (χ2v) is 5.63. The Kier molecular flexibility index (Phi) is 5.29. The van der Waals surface area contributed by atoms with Crippen molar-refractivity contribution in [2.75, 3.05) is 25.6 Å². The Morgan fingerprint density at radius 1 is 1.26 bits per heavy atom. The van der Waals surface area contributed by atoms with E-state index in [1.165, 1.54) is 11.8 Å². The van der Waals surface area contributed by atoms with Gasteiger partial charge in [0.05, 0.1) is 6.61 Å². The van der Waals surface area contributed by atoms with Gasteiger partial charge in [0, 0.05) is 5.75 Å². The van der Waals surface area contributed by atoms with Gasteiger partial charge in [-0.25, -0.2) is 8.78 Å². The summed E-state index contributed by atoms with van der Waals surface area (Å²) in [7, 11) is 0. The summed E-state index contributed by atoms with van der Waals surface area (Å²) in [5.74, 6) is 2.06. The van der Waals surface area contributed by atoms with Crippen LogP contribution in [-0.2, 0) is 4.74 Å². The first-order valence-electron chi connectivity index (χ1n) is 6.93. The molecule has 0 bridgehead atoms. The van der Waals surface area contributed by atoms with Crippen LogP contribution in [0.15, 0.2) is 33.9 Å². The van der Waals surface area contributed by atoms with Gasteiger partial charge in [-0.15, -0.1) is 10.2 Å². The quantitative estimate of drug-likeness (QED) is 0.565. The SMILES string of the molecule is FC(F)COCCSc1nnc([C@H]2COc3ccccc3O2)o1. The molecule has 0 saturated carbocycles. The monoisotopic (exact) mass is 344 g/mol. The van der Waals surface area contributed by atoms with Gasteiger partial charge in [-0.05, 0) is 12.1 Å². The van der Waals surface area contributed by atoms with E-state index in [1.54, 1.807) is 6.07 Å². The molecule has 0 N–H and O–H groups in total. The van der Waals surface area contributed by atoms with E-state index in [0.717, 1.165) is 0 Å². The molecule has 1 aromatic heterocycles. The standard InChI is InChI=1S/C14H14F2N2O4S/c15-12(16)8-19-5-6-23-14-18-17-13(22-14)11-7-20-9-3-1-2-4-10(9)21-11/h1-4,11-12H,5-8H2/t11-/m1/s1. The van der Waals surface area contributed by atoms with E-state index in [1.807, 2.05) is 18.2 Å². The normalized spacial score (nSPS) is 16.7. The summed E-state index contributed by atoms with van der Waals surface area (Å²) in [6, 6.07) is 7.33. The number of benzene rings is 1. The molecule has 2 aromatic rings. The van der Waals surface area contributed by atoms with E-state index in [4.69, 9.17) is 18.6 Å². The lowest BCUT2D eigenvalue weighted by Gasteiger charge is -2.23. The van der Waals surface area contributed by atoms with Crippen molar-refractivity contribution in [2.45, 2.75) is 17.8 Å². The molecule has 0 saturated heterocycles. The van der Waals surface area contributed by atoms with E-state index in [-0.39, 0.29) is 13.2 Å². The third-order valence-electron chi connectivity index (χ3n) is 2.90. The molecule has 0 unspecified atom stereocenters. The van der Waals surface area contributed by atoms with Gasteiger partial charge in [0.15, 0.2) is 11.5 Å². The number of fused-ring (bicyclic) bond motifs is 1. The molecule has 2 heterocycles. The van der Waals surface area contributed by atoms with Gasteiger partial charge in [-0.2, -0.15) is 0 Å². The fraction of sp³-hybridized carbons (Fsp3) is 0.429. The average molecular weight is 344 g/mol. The van der Waals surface area contributed by atoms with E-state index >= 15 is 0 Å². The number of aromatic nitrogens is 2. The fourth-order valence-electron chi connectivity index (χ4n) is 1.91. The summed E-state index contributed by atoms with van der Waals surface area (Å²) in [6.07, 6.45) is -2.93. The van der Waals surface area contributed by atoms with Crippen molar-refractivity contribution in [2.24, 2.45) is 0 Å². The molecule has 0 spiro atoms. The molecule has 23 heavy (non-hydrogen) atoms. The fourth-order valence-corrected chi connectivity index (χ4v) is 2.53. The number of hydrogen-bond donors (Lipinski definition) is 0. The minimum absolute atomic E-state index is 0.184. The van der Waals surface area contributed by atoms with Crippen molar-refractivity contribution in [3.8, 4) is 11.5 Å². The topological polar surface area (TPSA) is 66.6 Å². The maximum Gasteiger partial charge on any atom is 0.276 e. The largest absolute Gasteiger partial charge is 0.485 e. The number of nitrogens with zero attached hydrogens (tertiary/aromatic N) is 2. The summed E-state index contributed by atoms with van der Waals surface area (Å²) in [5.41, 5.74) is 0. The highest BCUT2D eigenvalue weighted by Gasteiger charge is 2.27. The molecule has 0 fully saturated rings. The molecule has 1 atom stereocenters. The number of halogens is 2. The van der Waals surface area contributed by atoms with Crippen LogP contribution in [0.4, 0.5) is 8.78 Å². The summed E-state index contributed by atoms with van der Waals surface area (Å²) >= 11 is 1.24. The van der Waals surface area contributed by atoms with Crippen LogP contribution < -0.4 is 9.47 Å². The van der Waals surface area contributed by atoms with Gasteiger partial charge in [-0.1, -0.05) is 23.9 Å². The average Bonchev–Trinajstić information content (AvgIpc) is 3.03. The molecule has 1 aromatic carbocycles. The van der Waals surface area contributed by atoms with E-state index in [9.17, 15) is 8.78 Å². The Balaban J connectivity index is 1.50. The number of alkyl halides is 2. The van der Waals surface area contributed by atoms with Gasteiger partial charge in [0.1, 0.15) is 13.2 Å². The van der Waals surface area contributed by atoms with Crippen molar-refractivity contribution < 1.29 is 27.4 Å². The lowest BCUT2D eigenvalue weighted by Crippen LogP contribution is -2.21. The number of thioether (sulfide) groups is 1. The molecular formula is C14H14F2N2O4S. The third kappa shape index (κ3) is 4.32. The van der Waals surface area contributed by atoms with Crippen molar-refractivity contribution in [3.63, 3.8) is 0 Å². The van der Waals surface area contributed by atoms with E-state index < -0.39 is 19.1 Å². The molecule has 0 radical (unpaired) electrons. The summed E-state index contributed by atoms with van der Waals surface area (Å²) < 4.78 is 45.4. The first-order chi connectivity index (χ1) is 11.2. The number of rotatable bonds is 7. The van der Waals surface area contributed by atoms with Crippen LogP contribution in [0.5, 0.6) is 11.5 Å². The number of ether oxygens (including phenoxy) is 3. The van der Waals surface area contributed by atoms with Gasteiger partial charge >= 0.3 is 0 Å². The predicted octanol–water partition coefficient (Wildman–Crippen LogP) is 2.96. The minimum Gasteiger partial charge on any atom is -0.485 e. The van der Waals surface area contributed by atoms with Crippen LogP contribution in [0.2, 0.25) is 0 Å². The molecule has 1 aliphatic heterocycles. The second kappa shape index (κ2) is 7.60. The zero-order valence-electron chi connectivity index (χ0n) is 12.0. The van der Waals surface area contributed by atoms with Crippen LogP contribution in [0, 0.1) is 0 Å². The summed E-state index contributed by atoms with van der Waals surface area (Å²) in [5, 5.41) is 8.16. The Morgan fingerprint density at radius 2 is 2.09 bits per heavy atom. The lowest BCUT2D eigenvalue weighted by atomic mass is 10.2. The van der Waals surface area contributed by atoms with Gasteiger partial charge in [0.25, 0.3) is 17.5 Å². The molecule has 3 rings (SSSR count). The highest BCUT2D eigenvalue weighted by molar-refractivity contribution is 7.99. The second-order valence-electron chi connectivity index (χ2n) is 4.58. The van der Waals surface area contributed by atoms with Crippen LogP contribution in [-0.4, -0.2) is 42.2 Å². The first kappa shape index (κ1) is 16.0. The van der Waals surface area contributed by atoms with Crippen LogP contribution in [0.1, 0.15) is 12.0 Å². The molecule has 9 heteroatoms. The Hall–Kier alpha value is -1.87. The Morgan fingerprint density at radius 3 is 2.91 bits per heavy atom. The zero-order valence-corrected chi connectivity index (χ0v) is 12.8. The molecule has 0 amide bonds. The van der Waals surface area contributed by atoms with Crippen LogP contribution >= 0.6 is 11.8 Å². The Labute approximate surface area is 135 Å². The highest BCUT2D eigenvalue weighted by atomic mass is 32.2. The van der Waals surface area contributed by atoms with Gasteiger partial charge in [0.2, 0.25) is 6.10 Å². The Bertz CT molecular complexity index is 641. The lowest BCUT2D eigenvalue weighted by molar-refractivity contribution is 0.0237. The zero-order chi connectivity index (χ0) is 16.1. The predicted molar refractivity (Wildman–Crippen MR) is 77.2 cm³/mol. The first-order valence-corrected chi connectivity index (χ1v) is 7.91. The van der Waals surface area contributed by atoms with Crippen LogP contribution in [0.3, 0.4) is 0 Å². The summed E-state index contributed by atoms with van der Waals surface area (Å²) in [4.78, 5) is 0. The number of hydrogen-bond acceptors (Lipinski definition) is 7. The van der Waals surface area contributed by atoms with Gasteiger partial charge in [-0.3, -0.25) is 0 Å². The maximum atomic E-state index is 11.9. The molecule has 124 valence electrons. The van der Waals surface area contributed by atoms with Crippen molar-refractivity contribution in [1.29, 1.82) is 0 Å². The van der Waals surface area contributed by atoms with Crippen molar-refractivity contribution in [3.05, 3.63) is 30.2 Å². The highest BCUT2D eigenvalue weighted by Crippen LogP contribution is 2.35. The molecule has 1 aliphatic rings. The molecule has 0 aliphatic carbocycles. The third-order valence-corrected chi connectivity index (χ3v) is 3.69. The summed E-state index contributed by atoms with van der Waals surface area (Å²) in [6.45, 7) is -0.105. The van der Waals surface area contributed by atoms with Gasteiger partial charge < -0.3 is 18.6 Å².